The molecule has 20 heavy (non-hydrogen) atoms. The second-order valence-corrected chi connectivity index (χ2v) is 6.31. The summed E-state index contributed by atoms with van der Waals surface area (Å²) in [5, 5.41) is 4.33. The van der Waals surface area contributed by atoms with E-state index in [2.05, 4.69) is 5.32 Å². The van der Waals surface area contributed by atoms with Gasteiger partial charge in [0.15, 0.2) is 11.5 Å². The maximum atomic E-state index is 6.41. The molecular formula is C16H22ClNO2. The van der Waals surface area contributed by atoms with E-state index in [1.807, 2.05) is 12.1 Å². The Labute approximate surface area is 125 Å². The molecule has 2 aliphatic rings. The number of rotatable bonds is 5. The third-order valence-corrected chi connectivity index (χ3v) is 5.27. The number of hydrogen-bond donors (Lipinski definition) is 1. The van der Waals surface area contributed by atoms with Gasteiger partial charge in [-0.25, -0.2) is 0 Å². The average Bonchev–Trinajstić information content (AvgIpc) is 3.08. The molecular weight excluding hydrogens is 274 g/mol. The highest BCUT2D eigenvalue weighted by Crippen LogP contribution is 2.44. The molecule has 0 radical (unpaired) electrons. The van der Waals surface area contributed by atoms with Gasteiger partial charge in [0.05, 0.1) is 19.2 Å². The van der Waals surface area contributed by atoms with E-state index in [1.165, 1.54) is 25.7 Å². The highest BCUT2D eigenvalue weighted by atomic mass is 35.5. The minimum Gasteiger partial charge on any atom is -0.493 e. The fourth-order valence-corrected chi connectivity index (χ4v) is 4.10. The van der Waals surface area contributed by atoms with Crippen LogP contribution in [0.4, 0.5) is 0 Å². The first-order chi connectivity index (χ1) is 9.72. The third kappa shape index (κ3) is 2.49. The fourth-order valence-electron chi connectivity index (χ4n) is 3.80. The van der Waals surface area contributed by atoms with E-state index >= 15 is 0 Å². The first kappa shape index (κ1) is 14.0. The van der Waals surface area contributed by atoms with E-state index in [0.717, 1.165) is 23.9 Å². The second kappa shape index (κ2) is 5.82. The summed E-state index contributed by atoms with van der Waals surface area (Å²) < 4.78 is 10.6. The molecule has 0 heterocycles. The van der Waals surface area contributed by atoms with Gasteiger partial charge in [0, 0.05) is 12.6 Å². The van der Waals surface area contributed by atoms with Crippen molar-refractivity contribution in [2.75, 3.05) is 14.2 Å². The summed E-state index contributed by atoms with van der Waals surface area (Å²) in [6.45, 7) is 0.799. The first-order valence-electron chi connectivity index (χ1n) is 7.35. The summed E-state index contributed by atoms with van der Waals surface area (Å²) in [5.41, 5.74) is 1.08. The van der Waals surface area contributed by atoms with Crippen molar-refractivity contribution >= 4 is 11.6 Å². The van der Waals surface area contributed by atoms with Crippen LogP contribution in [0.25, 0.3) is 0 Å². The maximum Gasteiger partial charge on any atom is 0.179 e. The highest BCUT2D eigenvalue weighted by Gasteiger charge is 2.39. The summed E-state index contributed by atoms with van der Waals surface area (Å²) in [5.74, 6) is 3.14. The number of nitrogens with one attached hydrogen (secondary N) is 1. The van der Waals surface area contributed by atoms with Gasteiger partial charge >= 0.3 is 0 Å². The molecule has 3 rings (SSSR count). The van der Waals surface area contributed by atoms with Gasteiger partial charge in [0.1, 0.15) is 0 Å². The Morgan fingerprint density at radius 3 is 2.65 bits per heavy atom. The molecule has 2 aliphatic carbocycles. The van der Waals surface area contributed by atoms with Crippen LogP contribution in [0.2, 0.25) is 5.02 Å². The molecule has 2 fully saturated rings. The van der Waals surface area contributed by atoms with Crippen LogP contribution in [-0.2, 0) is 6.54 Å². The SMILES string of the molecule is COc1ccc(CNC2CC3CCC2C3)c(Cl)c1OC. The minimum absolute atomic E-state index is 0.626. The molecule has 1 aromatic rings. The average molecular weight is 296 g/mol. The zero-order valence-electron chi connectivity index (χ0n) is 12.1. The molecule has 0 aromatic heterocycles. The minimum atomic E-state index is 0.626. The van der Waals surface area contributed by atoms with Gasteiger partial charge in [-0.05, 0) is 42.7 Å². The van der Waals surface area contributed by atoms with E-state index in [4.69, 9.17) is 21.1 Å². The van der Waals surface area contributed by atoms with E-state index in [-0.39, 0.29) is 0 Å². The standard InChI is InChI=1S/C16H22ClNO2/c1-19-14-6-5-12(15(17)16(14)20-2)9-18-13-8-10-3-4-11(13)7-10/h5-6,10-11,13,18H,3-4,7-9H2,1-2H3. The summed E-state index contributed by atoms with van der Waals surface area (Å²) in [6.07, 6.45) is 5.56. The second-order valence-electron chi connectivity index (χ2n) is 5.94. The van der Waals surface area contributed by atoms with Gasteiger partial charge in [-0.15, -0.1) is 0 Å². The summed E-state index contributed by atoms with van der Waals surface area (Å²) in [6, 6.07) is 4.60. The maximum absolute atomic E-state index is 6.41. The zero-order valence-corrected chi connectivity index (χ0v) is 12.9. The van der Waals surface area contributed by atoms with Gasteiger partial charge in [0.25, 0.3) is 0 Å². The molecule has 1 aromatic carbocycles. The van der Waals surface area contributed by atoms with E-state index in [1.54, 1.807) is 14.2 Å². The smallest absolute Gasteiger partial charge is 0.179 e. The Hall–Kier alpha value is -0.930. The van der Waals surface area contributed by atoms with Crippen molar-refractivity contribution in [2.24, 2.45) is 11.8 Å². The Balaban J connectivity index is 1.68. The van der Waals surface area contributed by atoms with Crippen LogP contribution in [-0.4, -0.2) is 20.3 Å². The van der Waals surface area contributed by atoms with Crippen LogP contribution in [0.3, 0.4) is 0 Å². The molecule has 3 unspecified atom stereocenters. The van der Waals surface area contributed by atoms with Gasteiger partial charge in [-0.3, -0.25) is 0 Å². The molecule has 1 N–H and O–H groups in total. The van der Waals surface area contributed by atoms with Crippen molar-refractivity contribution in [3.05, 3.63) is 22.7 Å². The molecule has 3 atom stereocenters. The molecule has 0 amide bonds. The van der Waals surface area contributed by atoms with Crippen molar-refractivity contribution < 1.29 is 9.47 Å². The Morgan fingerprint density at radius 2 is 2.05 bits per heavy atom. The fraction of sp³-hybridized carbons (Fsp3) is 0.625. The number of ether oxygens (including phenoxy) is 2. The monoisotopic (exact) mass is 295 g/mol. The number of methoxy groups -OCH3 is 2. The molecule has 2 bridgehead atoms. The van der Waals surface area contributed by atoms with Crippen molar-refractivity contribution in [3.8, 4) is 11.5 Å². The summed E-state index contributed by atoms with van der Waals surface area (Å²) >= 11 is 6.41. The lowest BCUT2D eigenvalue weighted by atomic mass is 9.95. The topological polar surface area (TPSA) is 30.5 Å². The molecule has 2 saturated carbocycles. The first-order valence-corrected chi connectivity index (χ1v) is 7.73. The Bertz CT molecular complexity index is 492. The quantitative estimate of drug-likeness (QED) is 0.900. The van der Waals surface area contributed by atoms with Gasteiger partial charge in [-0.1, -0.05) is 24.1 Å². The van der Waals surface area contributed by atoms with E-state index in [0.29, 0.717) is 22.6 Å². The zero-order chi connectivity index (χ0) is 14.1. The van der Waals surface area contributed by atoms with Gasteiger partial charge in [-0.2, -0.15) is 0 Å². The molecule has 0 aliphatic heterocycles. The Kier molecular flexibility index (Phi) is 4.08. The number of halogens is 1. The molecule has 0 saturated heterocycles. The Morgan fingerprint density at radius 1 is 1.20 bits per heavy atom. The van der Waals surface area contributed by atoms with Crippen LogP contribution in [0, 0.1) is 11.8 Å². The van der Waals surface area contributed by atoms with Crippen LogP contribution >= 0.6 is 11.6 Å². The number of hydrogen-bond acceptors (Lipinski definition) is 3. The summed E-state index contributed by atoms with van der Waals surface area (Å²) in [4.78, 5) is 0. The highest BCUT2D eigenvalue weighted by molar-refractivity contribution is 6.33. The van der Waals surface area contributed by atoms with Crippen LogP contribution < -0.4 is 14.8 Å². The largest absolute Gasteiger partial charge is 0.493 e. The van der Waals surface area contributed by atoms with Crippen molar-refractivity contribution in [3.63, 3.8) is 0 Å². The normalized spacial score (nSPS) is 27.9. The predicted octanol–water partition coefficient (Wildman–Crippen LogP) is 3.64. The lowest BCUT2D eigenvalue weighted by Crippen LogP contribution is -2.33. The van der Waals surface area contributed by atoms with Crippen LogP contribution in [0.5, 0.6) is 11.5 Å². The molecule has 0 spiro atoms. The van der Waals surface area contributed by atoms with Crippen molar-refractivity contribution in [1.29, 1.82) is 0 Å². The van der Waals surface area contributed by atoms with Gasteiger partial charge < -0.3 is 14.8 Å². The predicted molar refractivity (Wildman–Crippen MR) is 80.6 cm³/mol. The lowest BCUT2D eigenvalue weighted by molar-refractivity contribution is 0.346. The molecule has 4 heteroatoms. The van der Waals surface area contributed by atoms with Crippen molar-refractivity contribution in [2.45, 2.75) is 38.3 Å². The molecule has 110 valence electrons. The lowest BCUT2D eigenvalue weighted by Gasteiger charge is -2.23. The van der Waals surface area contributed by atoms with Crippen LogP contribution in [0.15, 0.2) is 12.1 Å². The molecule has 3 nitrogen and oxygen atoms in total. The van der Waals surface area contributed by atoms with E-state index in [9.17, 15) is 0 Å². The number of benzene rings is 1. The van der Waals surface area contributed by atoms with Crippen molar-refractivity contribution in [1.82, 2.24) is 5.32 Å². The number of fused-ring (bicyclic) bond motifs is 2. The van der Waals surface area contributed by atoms with Gasteiger partial charge in [0.2, 0.25) is 0 Å². The van der Waals surface area contributed by atoms with Crippen LogP contribution in [0.1, 0.15) is 31.2 Å². The summed E-state index contributed by atoms with van der Waals surface area (Å²) in [7, 11) is 3.25. The van der Waals surface area contributed by atoms with E-state index < -0.39 is 0 Å². The third-order valence-electron chi connectivity index (χ3n) is 4.86.